The Bertz CT molecular complexity index is 1910. The number of rotatable bonds is 3. The second kappa shape index (κ2) is 9.67. The van der Waals surface area contributed by atoms with Gasteiger partial charge >= 0.3 is 0 Å². The van der Waals surface area contributed by atoms with Gasteiger partial charge in [-0.2, -0.15) is 0 Å². The van der Waals surface area contributed by atoms with E-state index in [1.54, 1.807) is 0 Å². The van der Waals surface area contributed by atoms with Gasteiger partial charge in [-0.05, 0) is 61.4 Å². The van der Waals surface area contributed by atoms with Crippen molar-refractivity contribution in [3.63, 3.8) is 0 Å². The van der Waals surface area contributed by atoms with Crippen LogP contribution in [0.4, 0.5) is 0 Å². The van der Waals surface area contributed by atoms with E-state index >= 15 is 0 Å². The Morgan fingerprint density at radius 3 is 2.29 bits per heavy atom. The lowest BCUT2D eigenvalue weighted by Crippen LogP contribution is -2.33. The largest absolute Gasteiger partial charge is 0.457 e. The maximum absolute atomic E-state index is 6.49. The highest BCUT2D eigenvalue weighted by molar-refractivity contribution is 5.94. The summed E-state index contributed by atoms with van der Waals surface area (Å²) >= 11 is 0. The van der Waals surface area contributed by atoms with Gasteiger partial charge in [-0.15, -0.1) is 0 Å². The number of para-hydroxylation sites is 2. The summed E-state index contributed by atoms with van der Waals surface area (Å²) in [7, 11) is 0. The van der Waals surface area contributed by atoms with Crippen LogP contribution < -0.4 is 4.74 Å². The van der Waals surface area contributed by atoms with Crippen molar-refractivity contribution in [1.82, 2.24) is 15.0 Å². The highest BCUT2D eigenvalue weighted by atomic mass is 16.5. The number of benzene rings is 4. The van der Waals surface area contributed by atoms with Crippen LogP contribution in [0.2, 0.25) is 0 Å². The molecule has 3 heterocycles. The molecule has 0 atom stereocenters. The van der Waals surface area contributed by atoms with Crippen molar-refractivity contribution in [2.75, 3.05) is 0 Å². The molecule has 2 aliphatic rings. The summed E-state index contributed by atoms with van der Waals surface area (Å²) in [6, 6.07) is 37.9. The van der Waals surface area contributed by atoms with Gasteiger partial charge in [-0.1, -0.05) is 79.9 Å². The molecule has 0 radical (unpaired) electrons. The molecule has 1 fully saturated rings. The quantitative estimate of drug-likeness (QED) is 0.228. The molecule has 8 rings (SSSR count). The predicted molar refractivity (Wildman–Crippen MR) is 164 cm³/mol. The lowest BCUT2D eigenvalue weighted by molar-refractivity contribution is 0.306. The first-order valence-corrected chi connectivity index (χ1v) is 14.5. The number of nitrogens with zero attached hydrogens (tertiary/aromatic N) is 3. The fourth-order valence-corrected chi connectivity index (χ4v) is 6.83. The number of hydrogen-bond donors (Lipinski definition) is 0. The molecular weight excluding hydrogens is 502 g/mol. The molecule has 41 heavy (non-hydrogen) atoms. The number of ether oxygens (including phenoxy) is 1. The van der Waals surface area contributed by atoms with Crippen LogP contribution in [0, 0.1) is 0 Å². The van der Waals surface area contributed by atoms with E-state index in [4.69, 9.17) is 14.7 Å². The SMILES string of the molecule is c1ccc(-c2cccc(-c3nc(-c4ccc5c(c4)C4(CCCCC4)c4ccccc4O5)c4ccccc4n3)c2)nc1. The van der Waals surface area contributed by atoms with Crippen LogP contribution in [-0.4, -0.2) is 15.0 Å². The minimum absolute atomic E-state index is 0.0267. The molecule has 0 N–H and O–H groups in total. The monoisotopic (exact) mass is 531 g/mol. The van der Waals surface area contributed by atoms with E-state index in [1.807, 2.05) is 30.5 Å². The molecule has 1 aliphatic heterocycles. The van der Waals surface area contributed by atoms with Crippen LogP contribution in [0.15, 0.2) is 115 Å². The zero-order chi connectivity index (χ0) is 27.2. The van der Waals surface area contributed by atoms with Crippen LogP contribution in [0.25, 0.3) is 44.8 Å². The zero-order valence-electron chi connectivity index (χ0n) is 22.8. The third kappa shape index (κ3) is 4.02. The molecule has 1 aliphatic carbocycles. The van der Waals surface area contributed by atoms with Crippen LogP contribution in [-0.2, 0) is 5.41 Å². The summed E-state index contributed by atoms with van der Waals surface area (Å²) in [6.45, 7) is 0. The molecule has 198 valence electrons. The summed E-state index contributed by atoms with van der Waals surface area (Å²) < 4.78 is 6.49. The van der Waals surface area contributed by atoms with Gasteiger partial charge in [0, 0.05) is 44.8 Å². The Hall–Kier alpha value is -4.83. The minimum Gasteiger partial charge on any atom is -0.457 e. The average molecular weight is 532 g/mol. The molecule has 0 amide bonds. The predicted octanol–water partition coefficient (Wildman–Crippen LogP) is 9.38. The van der Waals surface area contributed by atoms with Gasteiger partial charge in [0.25, 0.3) is 0 Å². The van der Waals surface area contributed by atoms with E-state index in [0.29, 0.717) is 5.82 Å². The van der Waals surface area contributed by atoms with Crippen molar-refractivity contribution < 1.29 is 4.74 Å². The third-order valence-corrected chi connectivity index (χ3v) is 8.78. The van der Waals surface area contributed by atoms with Gasteiger partial charge in [0.05, 0.1) is 16.9 Å². The minimum atomic E-state index is -0.0267. The van der Waals surface area contributed by atoms with Gasteiger partial charge in [-0.25, -0.2) is 9.97 Å². The number of pyridine rings is 1. The molecule has 4 aromatic carbocycles. The Kier molecular flexibility index (Phi) is 5.66. The van der Waals surface area contributed by atoms with Crippen LogP contribution >= 0.6 is 0 Å². The molecule has 0 unspecified atom stereocenters. The van der Waals surface area contributed by atoms with Crippen LogP contribution in [0.1, 0.15) is 43.2 Å². The van der Waals surface area contributed by atoms with Crippen molar-refractivity contribution >= 4 is 10.9 Å². The standard InChI is InChI=1S/C37H29N3O/c1-7-20-37(21-8-1)29-14-3-5-17-33(29)41-34-19-18-26(24-30(34)37)35-28-13-2-4-16-32(28)39-36(40-35)27-12-10-11-25(23-27)31-15-6-9-22-38-31/h2-6,9-19,22-24H,1,7-8,20-21H2. The lowest BCUT2D eigenvalue weighted by Gasteiger charge is -2.43. The summed E-state index contributed by atoms with van der Waals surface area (Å²) in [5.74, 6) is 2.68. The van der Waals surface area contributed by atoms with Gasteiger partial charge in [-0.3, -0.25) is 4.98 Å². The first kappa shape index (κ1) is 24.0. The van der Waals surface area contributed by atoms with E-state index < -0.39 is 0 Å². The van der Waals surface area contributed by atoms with Gasteiger partial charge < -0.3 is 4.74 Å². The van der Waals surface area contributed by atoms with E-state index in [-0.39, 0.29) is 5.41 Å². The van der Waals surface area contributed by atoms with Crippen molar-refractivity contribution in [2.45, 2.75) is 37.5 Å². The normalized spacial score (nSPS) is 15.2. The van der Waals surface area contributed by atoms with E-state index in [9.17, 15) is 0 Å². The summed E-state index contributed by atoms with van der Waals surface area (Å²) in [6.07, 6.45) is 7.84. The zero-order valence-corrected chi connectivity index (χ0v) is 22.8. The highest BCUT2D eigenvalue weighted by Gasteiger charge is 2.43. The van der Waals surface area contributed by atoms with Crippen molar-refractivity contribution in [2.24, 2.45) is 0 Å². The Balaban J connectivity index is 1.30. The average Bonchev–Trinajstić information content (AvgIpc) is 3.05. The molecule has 2 aromatic heterocycles. The fraction of sp³-hybridized carbons (Fsp3) is 0.162. The first-order valence-electron chi connectivity index (χ1n) is 14.5. The summed E-state index contributed by atoms with van der Waals surface area (Å²) in [5.41, 5.74) is 8.51. The second-order valence-electron chi connectivity index (χ2n) is 11.2. The van der Waals surface area contributed by atoms with Gasteiger partial charge in [0.1, 0.15) is 11.5 Å². The number of aromatic nitrogens is 3. The van der Waals surface area contributed by atoms with Crippen molar-refractivity contribution in [3.8, 4) is 45.4 Å². The maximum Gasteiger partial charge on any atom is 0.160 e. The van der Waals surface area contributed by atoms with E-state index in [1.165, 1.54) is 30.4 Å². The molecule has 0 bridgehead atoms. The molecule has 6 aromatic rings. The Labute approximate surface area is 239 Å². The summed E-state index contributed by atoms with van der Waals surface area (Å²) in [5, 5.41) is 1.05. The Morgan fingerprint density at radius 2 is 1.39 bits per heavy atom. The summed E-state index contributed by atoms with van der Waals surface area (Å²) in [4.78, 5) is 14.8. The van der Waals surface area contributed by atoms with Crippen LogP contribution in [0.5, 0.6) is 11.5 Å². The molecule has 4 heteroatoms. The molecular formula is C37H29N3O. The first-order chi connectivity index (χ1) is 20.3. The van der Waals surface area contributed by atoms with Crippen molar-refractivity contribution in [1.29, 1.82) is 0 Å². The second-order valence-corrected chi connectivity index (χ2v) is 11.2. The van der Waals surface area contributed by atoms with E-state index in [2.05, 4.69) is 89.9 Å². The third-order valence-electron chi connectivity index (χ3n) is 8.78. The Morgan fingerprint density at radius 1 is 0.585 bits per heavy atom. The molecule has 4 nitrogen and oxygen atoms in total. The molecule has 1 spiro atoms. The van der Waals surface area contributed by atoms with Crippen LogP contribution in [0.3, 0.4) is 0 Å². The topological polar surface area (TPSA) is 47.9 Å². The van der Waals surface area contributed by atoms with E-state index in [0.717, 1.165) is 63.3 Å². The number of fused-ring (bicyclic) bond motifs is 5. The van der Waals surface area contributed by atoms with Gasteiger partial charge in [0.15, 0.2) is 5.82 Å². The lowest BCUT2D eigenvalue weighted by atomic mass is 9.63. The number of hydrogen-bond acceptors (Lipinski definition) is 4. The smallest absolute Gasteiger partial charge is 0.160 e. The molecule has 1 saturated carbocycles. The maximum atomic E-state index is 6.49. The fourth-order valence-electron chi connectivity index (χ4n) is 6.83. The molecule has 0 saturated heterocycles. The van der Waals surface area contributed by atoms with Gasteiger partial charge in [0.2, 0.25) is 0 Å². The van der Waals surface area contributed by atoms with Crippen molar-refractivity contribution in [3.05, 3.63) is 127 Å². The highest BCUT2D eigenvalue weighted by Crippen LogP contribution is 2.55.